The molecule has 1 saturated heterocycles. The molecule has 168 valence electrons. The van der Waals surface area contributed by atoms with E-state index >= 15 is 0 Å². The van der Waals surface area contributed by atoms with Gasteiger partial charge in [0.1, 0.15) is 6.61 Å². The molecule has 6 heteroatoms. The predicted octanol–water partition coefficient (Wildman–Crippen LogP) is 5.68. The molecule has 5 nitrogen and oxygen atoms in total. The first-order valence-corrected chi connectivity index (χ1v) is 11.2. The molecule has 1 fully saturated rings. The zero-order chi connectivity index (χ0) is 22.3. The van der Waals surface area contributed by atoms with Gasteiger partial charge in [0, 0.05) is 31.0 Å². The fraction of sp³-hybridized carbons (Fsp3) is 0.308. The number of aryl methyl sites for hydroxylation is 1. The lowest BCUT2D eigenvalue weighted by Crippen LogP contribution is -2.36. The van der Waals surface area contributed by atoms with Crippen LogP contribution in [0.5, 0.6) is 11.5 Å². The normalized spacial score (nSPS) is 13.7. The summed E-state index contributed by atoms with van der Waals surface area (Å²) < 4.78 is 17.0. The van der Waals surface area contributed by atoms with Crippen molar-refractivity contribution in [3.8, 4) is 11.5 Å². The maximum atomic E-state index is 6.56. The molecule has 1 aliphatic rings. The highest BCUT2D eigenvalue weighted by Crippen LogP contribution is 2.37. The summed E-state index contributed by atoms with van der Waals surface area (Å²) in [6.45, 7) is 6.58. The number of nitrogens with one attached hydrogen (secondary N) is 1. The standard InChI is InChI=1S/C26H29ClN2O3/c1-19-5-3-4-6-21(19)18-32-26-24(27)15-20(16-25(26)30-2)17-28-22-7-9-23(10-8-22)29-11-13-31-14-12-29/h3-10,15-16,28H,11-14,17-18H2,1-2H3. The van der Waals surface area contributed by atoms with Crippen LogP contribution >= 0.6 is 11.6 Å². The van der Waals surface area contributed by atoms with Crippen LogP contribution in [0.4, 0.5) is 11.4 Å². The number of morpholine rings is 1. The molecule has 0 bridgehead atoms. The Hall–Kier alpha value is -2.89. The number of benzene rings is 3. The molecule has 4 rings (SSSR count). The zero-order valence-corrected chi connectivity index (χ0v) is 19.3. The summed E-state index contributed by atoms with van der Waals surface area (Å²) in [5, 5.41) is 4.00. The number of nitrogens with zero attached hydrogens (tertiary/aromatic N) is 1. The molecule has 32 heavy (non-hydrogen) atoms. The summed E-state index contributed by atoms with van der Waals surface area (Å²) in [5.74, 6) is 1.20. The molecular formula is C26H29ClN2O3. The maximum absolute atomic E-state index is 6.56. The van der Waals surface area contributed by atoms with Gasteiger partial charge in [-0.15, -0.1) is 0 Å². The summed E-state index contributed by atoms with van der Waals surface area (Å²) in [4.78, 5) is 2.34. The highest BCUT2D eigenvalue weighted by molar-refractivity contribution is 6.32. The van der Waals surface area contributed by atoms with E-state index < -0.39 is 0 Å². The fourth-order valence-electron chi connectivity index (χ4n) is 3.75. The Bertz CT molecular complexity index is 1030. The summed E-state index contributed by atoms with van der Waals surface area (Å²) in [7, 11) is 1.63. The Morgan fingerprint density at radius 2 is 1.78 bits per heavy atom. The number of rotatable bonds is 8. The number of hydrogen-bond donors (Lipinski definition) is 1. The van der Waals surface area contributed by atoms with Crippen molar-refractivity contribution in [3.05, 3.63) is 82.4 Å². The Kier molecular flexibility index (Phi) is 7.40. The molecule has 0 aromatic heterocycles. The molecule has 1 heterocycles. The van der Waals surface area contributed by atoms with Gasteiger partial charge in [0.2, 0.25) is 0 Å². The van der Waals surface area contributed by atoms with Gasteiger partial charge in [0.15, 0.2) is 11.5 Å². The summed E-state index contributed by atoms with van der Waals surface area (Å²) in [6, 6.07) is 20.5. The van der Waals surface area contributed by atoms with Crippen molar-refractivity contribution < 1.29 is 14.2 Å². The molecule has 0 saturated carbocycles. The molecular weight excluding hydrogens is 424 g/mol. The number of hydrogen-bond acceptors (Lipinski definition) is 5. The lowest BCUT2D eigenvalue weighted by molar-refractivity contribution is 0.122. The van der Waals surface area contributed by atoms with Crippen molar-refractivity contribution in [2.75, 3.05) is 43.6 Å². The van der Waals surface area contributed by atoms with Crippen LogP contribution in [0.15, 0.2) is 60.7 Å². The Morgan fingerprint density at radius 3 is 2.50 bits per heavy atom. The van der Waals surface area contributed by atoms with E-state index in [1.807, 2.05) is 24.3 Å². The Morgan fingerprint density at radius 1 is 1.03 bits per heavy atom. The van der Waals surface area contributed by atoms with Gasteiger partial charge in [-0.05, 0) is 60.0 Å². The fourth-order valence-corrected chi connectivity index (χ4v) is 4.04. The van der Waals surface area contributed by atoms with Gasteiger partial charge in [-0.3, -0.25) is 0 Å². The molecule has 1 aliphatic heterocycles. The van der Waals surface area contributed by atoms with E-state index in [4.69, 9.17) is 25.8 Å². The minimum absolute atomic E-state index is 0.440. The smallest absolute Gasteiger partial charge is 0.180 e. The van der Waals surface area contributed by atoms with Crippen molar-refractivity contribution in [3.63, 3.8) is 0 Å². The van der Waals surface area contributed by atoms with Crippen LogP contribution in [0.3, 0.4) is 0 Å². The lowest BCUT2D eigenvalue weighted by atomic mass is 10.1. The van der Waals surface area contributed by atoms with Crippen LogP contribution in [0.1, 0.15) is 16.7 Å². The zero-order valence-electron chi connectivity index (χ0n) is 18.6. The molecule has 3 aromatic rings. The maximum Gasteiger partial charge on any atom is 0.180 e. The first kappa shape index (κ1) is 22.3. The van der Waals surface area contributed by atoms with E-state index in [-0.39, 0.29) is 0 Å². The molecule has 0 atom stereocenters. The third-order valence-corrected chi connectivity index (χ3v) is 5.94. The van der Waals surface area contributed by atoms with Crippen LogP contribution in [-0.2, 0) is 17.9 Å². The summed E-state index contributed by atoms with van der Waals surface area (Å²) in [6.07, 6.45) is 0. The third kappa shape index (κ3) is 5.47. The number of halogens is 1. The van der Waals surface area contributed by atoms with Crippen LogP contribution < -0.4 is 19.7 Å². The number of anilines is 2. The lowest BCUT2D eigenvalue weighted by Gasteiger charge is -2.29. The van der Waals surface area contributed by atoms with E-state index in [9.17, 15) is 0 Å². The minimum Gasteiger partial charge on any atom is -0.493 e. The summed E-state index contributed by atoms with van der Waals surface area (Å²) >= 11 is 6.56. The largest absolute Gasteiger partial charge is 0.493 e. The van der Waals surface area contributed by atoms with Crippen molar-refractivity contribution >= 4 is 23.0 Å². The van der Waals surface area contributed by atoms with Crippen LogP contribution in [0.25, 0.3) is 0 Å². The van der Waals surface area contributed by atoms with Gasteiger partial charge in [-0.1, -0.05) is 35.9 Å². The molecule has 0 amide bonds. The van der Waals surface area contributed by atoms with Crippen molar-refractivity contribution in [2.45, 2.75) is 20.1 Å². The Labute approximate surface area is 194 Å². The van der Waals surface area contributed by atoms with E-state index in [1.165, 1.54) is 11.3 Å². The first-order chi connectivity index (χ1) is 15.6. The first-order valence-electron chi connectivity index (χ1n) is 10.8. The van der Waals surface area contributed by atoms with Gasteiger partial charge in [0.25, 0.3) is 0 Å². The van der Waals surface area contributed by atoms with Crippen LogP contribution in [0, 0.1) is 6.92 Å². The molecule has 0 aliphatic carbocycles. The third-order valence-electron chi connectivity index (χ3n) is 5.66. The van der Waals surface area contributed by atoms with E-state index in [2.05, 4.69) is 53.5 Å². The molecule has 1 N–H and O–H groups in total. The number of ether oxygens (including phenoxy) is 3. The van der Waals surface area contributed by atoms with Crippen molar-refractivity contribution in [1.82, 2.24) is 0 Å². The van der Waals surface area contributed by atoms with Crippen molar-refractivity contribution in [2.24, 2.45) is 0 Å². The second kappa shape index (κ2) is 10.6. The highest BCUT2D eigenvalue weighted by Gasteiger charge is 2.14. The predicted molar refractivity (Wildman–Crippen MR) is 130 cm³/mol. The monoisotopic (exact) mass is 452 g/mol. The molecule has 0 radical (unpaired) electrons. The SMILES string of the molecule is COc1cc(CNc2ccc(N3CCOCC3)cc2)cc(Cl)c1OCc1ccccc1C. The van der Waals surface area contributed by atoms with E-state index in [0.717, 1.165) is 43.1 Å². The second-order valence-electron chi connectivity index (χ2n) is 7.82. The second-order valence-corrected chi connectivity index (χ2v) is 8.23. The van der Waals surface area contributed by atoms with E-state index in [1.54, 1.807) is 7.11 Å². The minimum atomic E-state index is 0.440. The van der Waals surface area contributed by atoms with Gasteiger partial charge in [-0.2, -0.15) is 0 Å². The topological polar surface area (TPSA) is 43.0 Å². The van der Waals surface area contributed by atoms with Gasteiger partial charge in [-0.25, -0.2) is 0 Å². The summed E-state index contributed by atoms with van der Waals surface area (Å²) in [5.41, 5.74) is 5.60. The molecule has 0 spiro atoms. The average Bonchev–Trinajstić information content (AvgIpc) is 2.83. The van der Waals surface area contributed by atoms with Crippen LogP contribution in [-0.4, -0.2) is 33.4 Å². The van der Waals surface area contributed by atoms with Gasteiger partial charge in [0.05, 0.1) is 25.3 Å². The van der Waals surface area contributed by atoms with Crippen LogP contribution in [0.2, 0.25) is 5.02 Å². The van der Waals surface area contributed by atoms with Gasteiger partial charge < -0.3 is 24.4 Å². The van der Waals surface area contributed by atoms with Gasteiger partial charge >= 0.3 is 0 Å². The Balaban J connectivity index is 1.39. The molecule has 3 aromatic carbocycles. The highest BCUT2D eigenvalue weighted by atomic mass is 35.5. The molecule has 0 unspecified atom stereocenters. The quantitative estimate of drug-likeness (QED) is 0.476. The van der Waals surface area contributed by atoms with Crippen molar-refractivity contribution in [1.29, 1.82) is 0 Å². The average molecular weight is 453 g/mol. The number of methoxy groups -OCH3 is 1. The van der Waals surface area contributed by atoms with E-state index in [0.29, 0.717) is 29.7 Å².